The number of fused-ring (bicyclic) bond motifs is 4. The van der Waals surface area contributed by atoms with Crippen molar-refractivity contribution in [1.82, 2.24) is 20.2 Å². The monoisotopic (exact) mass is 660 g/mol. The fourth-order valence-electron chi connectivity index (χ4n) is 8.66. The molecule has 0 amide bonds. The number of nitriles is 1. The van der Waals surface area contributed by atoms with E-state index >= 15 is 4.39 Å². The molecule has 3 aromatic carbocycles. The van der Waals surface area contributed by atoms with Gasteiger partial charge in [0.2, 0.25) is 0 Å². The normalized spacial score (nSPS) is 23.5. The smallest absolute Gasteiger partial charge is 0.319 e. The van der Waals surface area contributed by atoms with Gasteiger partial charge in [-0.3, -0.25) is 0 Å². The number of terminal acetylenes is 1. The van der Waals surface area contributed by atoms with Gasteiger partial charge in [-0.05, 0) is 105 Å². The molecule has 2 unspecified atom stereocenters. The molecule has 2 aliphatic carbocycles. The van der Waals surface area contributed by atoms with Crippen molar-refractivity contribution in [3.63, 3.8) is 0 Å². The Morgan fingerprint density at radius 3 is 2.45 bits per heavy atom. The number of rotatable bonds is 7. The highest BCUT2D eigenvalue weighted by atomic mass is 19.1. The van der Waals surface area contributed by atoms with Gasteiger partial charge in [0.15, 0.2) is 5.82 Å². The van der Waals surface area contributed by atoms with Crippen LogP contribution in [0.4, 0.5) is 14.6 Å². The van der Waals surface area contributed by atoms with Crippen LogP contribution in [0.25, 0.3) is 32.8 Å². The number of phenols is 1. The van der Waals surface area contributed by atoms with Gasteiger partial charge in [0, 0.05) is 53.5 Å². The topological polar surface area (TPSA) is 97.5 Å². The molecule has 2 saturated carbocycles. The van der Waals surface area contributed by atoms with Crippen LogP contribution >= 0.6 is 0 Å². The van der Waals surface area contributed by atoms with Gasteiger partial charge in [0.05, 0.1) is 23.8 Å². The number of anilines is 1. The number of nitrogens with zero attached hydrogens (tertiary/aromatic N) is 5. The standard InChI is InChI=1S/C39H38F2N6O2/c1-2-28-31(40)6-3-23-15-27(48)17-29(32(23)28)33-24(18-42)16-30-35(34(33)41)44-37(45-36(30)47-19-25-4-5-26(20-47)43-25)49-22-39(9-10-39)21-46-13-11-38(7-8-38)12-14-46/h1,3,6,15-17,25-26,43,48H,4-5,7-14,19-22H2. The SMILES string of the molecule is C#Cc1c(F)ccc2cc(O)cc(-c3c(C#N)cc4c(N5CC6CCC(C5)N6)nc(OCC5(CN6CCC7(CC6)CC7)CC5)nc4c3F)c12. The van der Waals surface area contributed by atoms with Crippen molar-refractivity contribution >= 4 is 27.5 Å². The zero-order chi connectivity index (χ0) is 33.5. The van der Waals surface area contributed by atoms with Crippen LogP contribution in [-0.2, 0) is 0 Å². The Balaban J connectivity index is 1.14. The molecule has 5 fully saturated rings. The number of likely N-dealkylation sites (tertiary alicyclic amines) is 1. The van der Waals surface area contributed by atoms with Crippen LogP contribution in [-0.4, -0.2) is 71.4 Å². The van der Waals surface area contributed by atoms with Crippen LogP contribution in [0.15, 0.2) is 30.3 Å². The molecule has 8 nitrogen and oxygen atoms in total. The summed E-state index contributed by atoms with van der Waals surface area (Å²) in [5.41, 5.74) is 0.607. The average molecular weight is 661 g/mol. The molecule has 1 aromatic heterocycles. The maximum absolute atomic E-state index is 17.2. The number of piperazine rings is 1. The molecule has 3 saturated heterocycles. The summed E-state index contributed by atoms with van der Waals surface area (Å²) in [6.45, 7) is 5.07. The minimum absolute atomic E-state index is 0.00522. The van der Waals surface area contributed by atoms with Crippen LogP contribution in [0.5, 0.6) is 11.8 Å². The van der Waals surface area contributed by atoms with Crippen LogP contribution in [0.1, 0.15) is 62.5 Å². The van der Waals surface area contributed by atoms with Crippen molar-refractivity contribution in [2.24, 2.45) is 10.8 Å². The fourth-order valence-corrected chi connectivity index (χ4v) is 8.66. The Morgan fingerprint density at radius 2 is 1.78 bits per heavy atom. The zero-order valence-electron chi connectivity index (χ0n) is 27.4. The first-order valence-corrected chi connectivity index (χ1v) is 17.5. The summed E-state index contributed by atoms with van der Waals surface area (Å²) >= 11 is 0. The van der Waals surface area contributed by atoms with Crippen molar-refractivity contribution in [3.8, 4) is 41.3 Å². The highest BCUT2D eigenvalue weighted by Gasteiger charge is 2.49. The Bertz CT molecular complexity index is 2090. The fraction of sp³-hybridized carbons (Fsp3) is 0.462. The number of hydrogen-bond acceptors (Lipinski definition) is 8. The highest BCUT2D eigenvalue weighted by Crippen LogP contribution is 2.55. The number of aromatic nitrogens is 2. The number of piperidine rings is 1. The maximum Gasteiger partial charge on any atom is 0.319 e. The first-order valence-electron chi connectivity index (χ1n) is 17.5. The highest BCUT2D eigenvalue weighted by molar-refractivity contribution is 6.05. The third kappa shape index (κ3) is 5.33. The van der Waals surface area contributed by atoms with Gasteiger partial charge in [-0.15, -0.1) is 6.42 Å². The summed E-state index contributed by atoms with van der Waals surface area (Å²) in [7, 11) is 0. The van der Waals surface area contributed by atoms with E-state index in [-0.39, 0.29) is 62.4 Å². The van der Waals surface area contributed by atoms with E-state index in [1.807, 2.05) is 0 Å². The second-order valence-electron chi connectivity index (χ2n) is 15.2. The lowest BCUT2D eigenvalue weighted by molar-refractivity contribution is 0.115. The molecule has 4 heterocycles. The van der Waals surface area contributed by atoms with E-state index < -0.39 is 11.6 Å². The molecule has 2 N–H and O–H groups in total. The lowest BCUT2D eigenvalue weighted by atomic mass is 9.90. The van der Waals surface area contributed by atoms with E-state index in [4.69, 9.17) is 16.1 Å². The predicted molar refractivity (Wildman–Crippen MR) is 183 cm³/mol. The van der Waals surface area contributed by atoms with Gasteiger partial charge in [-0.25, -0.2) is 8.78 Å². The second-order valence-corrected chi connectivity index (χ2v) is 15.2. The van der Waals surface area contributed by atoms with Gasteiger partial charge in [-0.2, -0.15) is 15.2 Å². The molecule has 5 aliphatic rings. The van der Waals surface area contributed by atoms with E-state index in [0.717, 1.165) is 45.3 Å². The van der Waals surface area contributed by atoms with E-state index in [1.54, 1.807) is 6.07 Å². The van der Waals surface area contributed by atoms with E-state index in [9.17, 15) is 14.8 Å². The van der Waals surface area contributed by atoms with Crippen molar-refractivity contribution in [2.45, 2.75) is 63.5 Å². The summed E-state index contributed by atoms with van der Waals surface area (Å²) in [6.07, 6.45) is 15.3. The number of benzene rings is 3. The van der Waals surface area contributed by atoms with Gasteiger partial charge in [0.25, 0.3) is 0 Å². The number of hydrogen-bond donors (Lipinski definition) is 2. The number of phenolic OH excluding ortho intramolecular Hbond substituents is 1. The van der Waals surface area contributed by atoms with Crippen LogP contribution in [0, 0.1) is 46.1 Å². The number of halogens is 2. The molecular weight excluding hydrogens is 622 g/mol. The molecule has 0 radical (unpaired) electrons. The molecule has 250 valence electrons. The van der Waals surface area contributed by atoms with Gasteiger partial charge < -0.3 is 25.0 Å². The Morgan fingerprint density at radius 1 is 1.02 bits per heavy atom. The summed E-state index contributed by atoms with van der Waals surface area (Å²) < 4.78 is 38.6. The van der Waals surface area contributed by atoms with Crippen molar-refractivity contribution in [3.05, 3.63) is 53.1 Å². The van der Waals surface area contributed by atoms with Crippen molar-refractivity contribution < 1.29 is 18.6 Å². The lowest BCUT2D eigenvalue weighted by Gasteiger charge is -2.35. The molecular formula is C39H38F2N6O2. The van der Waals surface area contributed by atoms with E-state index in [1.165, 1.54) is 49.9 Å². The van der Waals surface area contributed by atoms with Gasteiger partial charge >= 0.3 is 6.01 Å². The molecule has 2 bridgehead atoms. The number of aromatic hydroxyl groups is 1. The third-order valence-corrected chi connectivity index (χ3v) is 11.9. The lowest BCUT2D eigenvalue weighted by Crippen LogP contribution is -2.51. The summed E-state index contributed by atoms with van der Waals surface area (Å²) in [4.78, 5) is 14.3. The second kappa shape index (κ2) is 11.3. The van der Waals surface area contributed by atoms with E-state index in [2.05, 4.69) is 32.1 Å². The molecule has 49 heavy (non-hydrogen) atoms. The minimum atomic E-state index is -0.775. The molecule has 10 heteroatoms. The first kappa shape index (κ1) is 30.5. The molecule has 2 atom stereocenters. The van der Waals surface area contributed by atoms with Crippen molar-refractivity contribution in [2.75, 3.05) is 44.2 Å². The maximum atomic E-state index is 17.2. The summed E-state index contributed by atoms with van der Waals surface area (Å²) in [5, 5.41) is 25.8. The third-order valence-electron chi connectivity index (χ3n) is 11.9. The molecule has 9 rings (SSSR count). The number of nitrogens with one attached hydrogen (secondary N) is 1. The molecule has 4 aromatic rings. The van der Waals surface area contributed by atoms with Crippen LogP contribution < -0.4 is 15.0 Å². The average Bonchev–Trinajstić information content (AvgIpc) is 4.03. The van der Waals surface area contributed by atoms with Crippen LogP contribution in [0.3, 0.4) is 0 Å². The Labute approximate surface area is 284 Å². The summed E-state index contributed by atoms with van der Waals surface area (Å²) in [5.74, 6) is 1.33. The van der Waals surface area contributed by atoms with Gasteiger partial charge in [-0.1, -0.05) is 12.0 Å². The Hall–Kier alpha value is -4.51. The predicted octanol–water partition coefficient (Wildman–Crippen LogP) is 6.26. The molecule has 1 spiro atoms. The quantitative estimate of drug-likeness (QED) is 0.224. The largest absolute Gasteiger partial charge is 0.508 e. The number of ether oxygens (including phenoxy) is 1. The molecule has 3 aliphatic heterocycles. The van der Waals surface area contributed by atoms with Crippen LogP contribution in [0.2, 0.25) is 0 Å². The Kier molecular flexibility index (Phi) is 7.02. The summed E-state index contributed by atoms with van der Waals surface area (Å²) in [6, 6.07) is 9.89. The zero-order valence-corrected chi connectivity index (χ0v) is 27.4. The first-order chi connectivity index (χ1) is 23.8. The van der Waals surface area contributed by atoms with E-state index in [0.29, 0.717) is 41.7 Å². The van der Waals surface area contributed by atoms with Gasteiger partial charge in [0.1, 0.15) is 22.9 Å². The minimum Gasteiger partial charge on any atom is -0.508 e. The van der Waals surface area contributed by atoms with Crippen molar-refractivity contribution in [1.29, 1.82) is 5.26 Å².